The van der Waals surface area contributed by atoms with E-state index in [-0.39, 0.29) is 12.4 Å². The summed E-state index contributed by atoms with van der Waals surface area (Å²) in [4.78, 5) is 9.25. The minimum absolute atomic E-state index is 0. The summed E-state index contributed by atoms with van der Waals surface area (Å²) in [5, 5.41) is 3.43. The SMILES string of the molecule is C[C@@H]1CNCCN1Cc1ccc(N(C)c2ccccc2)nc1.Cl. The molecule has 1 N–H and O–H groups in total. The number of nitrogens with zero attached hydrogens (tertiary/aromatic N) is 3. The Hall–Kier alpha value is -1.62. The van der Waals surface area contributed by atoms with Crippen LogP contribution in [0.2, 0.25) is 0 Å². The van der Waals surface area contributed by atoms with Gasteiger partial charge in [0.15, 0.2) is 0 Å². The van der Waals surface area contributed by atoms with Crippen LogP contribution in [0, 0.1) is 0 Å². The number of hydrogen-bond donors (Lipinski definition) is 1. The lowest BCUT2D eigenvalue weighted by molar-refractivity contribution is 0.165. The van der Waals surface area contributed by atoms with E-state index in [1.807, 2.05) is 24.4 Å². The third kappa shape index (κ3) is 4.44. The van der Waals surface area contributed by atoms with Crippen LogP contribution in [0.3, 0.4) is 0 Å². The first-order chi connectivity index (χ1) is 10.7. The quantitative estimate of drug-likeness (QED) is 0.932. The van der Waals surface area contributed by atoms with E-state index in [0.717, 1.165) is 37.7 Å². The van der Waals surface area contributed by atoms with Crippen LogP contribution in [-0.2, 0) is 6.54 Å². The van der Waals surface area contributed by atoms with Crippen molar-refractivity contribution < 1.29 is 0 Å². The number of para-hydroxylation sites is 1. The lowest BCUT2D eigenvalue weighted by Crippen LogP contribution is -2.49. The molecular formula is C18H25ClN4. The van der Waals surface area contributed by atoms with Gasteiger partial charge in [0.05, 0.1) is 0 Å². The van der Waals surface area contributed by atoms with Gasteiger partial charge in [0, 0.05) is 51.2 Å². The third-order valence-corrected chi connectivity index (χ3v) is 4.32. The van der Waals surface area contributed by atoms with Crippen LogP contribution in [-0.4, -0.2) is 42.6 Å². The van der Waals surface area contributed by atoms with Crippen LogP contribution in [0.1, 0.15) is 12.5 Å². The van der Waals surface area contributed by atoms with Gasteiger partial charge < -0.3 is 10.2 Å². The predicted molar refractivity (Wildman–Crippen MR) is 98.7 cm³/mol. The molecule has 0 unspecified atom stereocenters. The molecule has 1 aliphatic rings. The Morgan fingerprint density at radius 2 is 2.00 bits per heavy atom. The van der Waals surface area contributed by atoms with Gasteiger partial charge in [-0.05, 0) is 30.7 Å². The largest absolute Gasteiger partial charge is 0.329 e. The number of pyridine rings is 1. The van der Waals surface area contributed by atoms with Crippen molar-refractivity contribution in [1.29, 1.82) is 0 Å². The Balaban J connectivity index is 0.00000192. The topological polar surface area (TPSA) is 31.4 Å². The molecule has 1 atom stereocenters. The maximum Gasteiger partial charge on any atom is 0.132 e. The summed E-state index contributed by atoms with van der Waals surface area (Å²) in [5.74, 6) is 0.975. The van der Waals surface area contributed by atoms with Crippen molar-refractivity contribution in [2.45, 2.75) is 19.5 Å². The average Bonchev–Trinajstić information content (AvgIpc) is 2.58. The van der Waals surface area contributed by atoms with Crippen LogP contribution in [0.4, 0.5) is 11.5 Å². The Bertz CT molecular complexity index is 588. The highest BCUT2D eigenvalue weighted by Gasteiger charge is 2.17. The standard InChI is InChI=1S/C18H24N4.ClH/c1-15-12-19-10-11-22(15)14-16-8-9-18(20-13-16)21(2)17-6-4-3-5-7-17;/h3-9,13,15,19H,10-12,14H2,1-2H3;1H/t15-;/m1./s1. The van der Waals surface area contributed by atoms with Crippen molar-refractivity contribution in [3.05, 3.63) is 54.2 Å². The zero-order valence-corrected chi connectivity index (χ0v) is 14.6. The lowest BCUT2D eigenvalue weighted by Gasteiger charge is -2.33. The molecule has 1 aromatic heterocycles. The van der Waals surface area contributed by atoms with Gasteiger partial charge in [0.25, 0.3) is 0 Å². The minimum atomic E-state index is 0. The van der Waals surface area contributed by atoms with Crippen LogP contribution >= 0.6 is 12.4 Å². The molecule has 23 heavy (non-hydrogen) atoms. The molecule has 1 aliphatic heterocycles. The van der Waals surface area contributed by atoms with Crippen molar-refractivity contribution in [3.63, 3.8) is 0 Å². The third-order valence-electron chi connectivity index (χ3n) is 4.32. The minimum Gasteiger partial charge on any atom is -0.329 e. The molecule has 4 nitrogen and oxygen atoms in total. The van der Waals surface area contributed by atoms with E-state index < -0.39 is 0 Å². The van der Waals surface area contributed by atoms with Crippen molar-refractivity contribution >= 4 is 23.9 Å². The van der Waals surface area contributed by atoms with Crippen LogP contribution in [0.25, 0.3) is 0 Å². The summed E-state index contributed by atoms with van der Waals surface area (Å²) in [5.41, 5.74) is 2.43. The highest BCUT2D eigenvalue weighted by molar-refractivity contribution is 5.85. The van der Waals surface area contributed by atoms with Gasteiger partial charge >= 0.3 is 0 Å². The highest BCUT2D eigenvalue weighted by atomic mass is 35.5. The Labute approximate surface area is 144 Å². The zero-order valence-electron chi connectivity index (χ0n) is 13.8. The molecular weight excluding hydrogens is 308 g/mol. The molecule has 0 radical (unpaired) electrons. The van der Waals surface area contributed by atoms with E-state index in [2.05, 4.69) is 58.3 Å². The van der Waals surface area contributed by atoms with E-state index in [9.17, 15) is 0 Å². The van der Waals surface area contributed by atoms with Crippen molar-refractivity contribution in [2.24, 2.45) is 0 Å². The van der Waals surface area contributed by atoms with Crippen molar-refractivity contribution in [3.8, 4) is 0 Å². The van der Waals surface area contributed by atoms with E-state index in [0.29, 0.717) is 6.04 Å². The summed E-state index contributed by atoms with van der Waals surface area (Å²) in [7, 11) is 2.05. The molecule has 1 aromatic carbocycles. The molecule has 2 heterocycles. The fourth-order valence-corrected chi connectivity index (χ4v) is 2.84. The summed E-state index contributed by atoms with van der Waals surface area (Å²) in [6.07, 6.45) is 2.00. The molecule has 5 heteroatoms. The summed E-state index contributed by atoms with van der Waals surface area (Å²) in [6, 6.07) is 15.2. The molecule has 0 saturated carbocycles. The van der Waals surface area contributed by atoms with Gasteiger partial charge in [-0.1, -0.05) is 24.3 Å². The van der Waals surface area contributed by atoms with Gasteiger partial charge in [0.2, 0.25) is 0 Å². The number of hydrogen-bond acceptors (Lipinski definition) is 4. The van der Waals surface area contributed by atoms with Crippen LogP contribution < -0.4 is 10.2 Å². The van der Waals surface area contributed by atoms with Gasteiger partial charge in [-0.2, -0.15) is 0 Å². The number of halogens is 1. The maximum atomic E-state index is 4.63. The monoisotopic (exact) mass is 332 g/mol. The highest BCUT2D eigenvalue weighted by Crippen LogP contribution is 2.21. The number of rotatable bonds is 4. The summed E-state index contributed by atoms with van der Waals surface area (Å²) < 4.78 is 0. The van der Waals surface area contributed by atoms with E-state index >= 15 is 0 Å². The van der Waals surface area contributed by atoms with Gasteiger partial charge in [-0.3, -0.25) is 4.90 Å². The second-order valence-corrected chi connectivity index (χ2v) is 5.94. The Kier molecular flexibility index (Phi) is 6.39. The van der Waals surface area contributed by atoms with Gasteiger partial charge in [0.1, 0.15) is 5.82 Å². The van der Waals surface area contributed by atoms with Gasteiger partial charge in [-0.15, -0.1) is 12.4 Å². The molecule has 1 fully saturated rings. The smallest absolute Gasteiger partial charge is 0.132 e. The predicted octanol–water partition coefficient (Wildman–Crippen LogP) is 3.07. The molecule has 0 spiro atoms. The Morgan fingerprint density at radius 1 is 1.22 bits per heavy atom. The first kappa shape index (κ1) is 17.7. The number of benzene rings is 1. The zero-order chi connectivity index (χ0) is 15.4. The van der Waals surface area contributed by atoms with Crippen LogP contribution in [0.15, 0.2) is 48.7 Å². The molecule has 0 bridgehead atoms. The molecule has 124 valence electrons. The van der Waals surface area contributed by atoms with E-state index in [1.54, 1.807) is 0 Å². The number of anilines is 2. The number of nitrogens with one attached hydrogen (secondary N) is 1. The number of piperazine rings is 1. The second-order valence-electron chi connectivity index (χ2n) is 5.94. The summed E-state index contributed by atoms with van der Waals surface area (Å²) in [6.45, 7) is 6.50. The second kappa shape index (κ2) is 8.29. The first-order valence-corrected chi connectivity index (χ1v) is 7.92. The molecule has 3 rings (SSSR count). The lowest BCUT2D eigenvalue weighted by atomic mass is 10.2. The van der Waals surface area contributed by atoms with E-state index in [4.69, 9.17) is 0 Å². The number of aromatic nitrogens is 1. The van der Waals surface area contributed by atoms with E-state index in [1.165, 1.54) is 5.56 Å². The van der Waals surface area contributed by atoms with Crippen molar-refractivity contribution in [1.82, 2.24) is 15.2 Å². The first-order valence-electron chi connectivity index (χ1n) is 7.92. The molecule has 1 saturated heterocycles. The molecule has 0 amide bonds. The van der Waals surface area contributed by atoms with Crippen molar-refractivity contribution in [2.75, 3.05) is 31.6 Å². The molecule has 2 aromatic rings. The fourth-order valence-electron chi connectivity index (χ4n) is 2.84. The maximum absolute atomic E-state index is 4.63. The van der Waals surface area contributed by atoms with Crippen LogP contribution in [0.5, 0.6) is 0 Å². The summed E-state index contributed by atoms with van der Waals surface area (Å²) >= 11 is 0. The average molecular weight is 333 g/mol. The normalized spacial score (nSPS) is 18.3. The molecule has 0 aliphatic carbocycles. The fraction of sp³-hybridized carbons (Fsp3) is 0.389. The van der Waals surface area contributed by atoms with Gasteiger partial charge in [-0.25, -0.2) is 4.98 Å². The Morgan fingerprint density at radius 3 is 2.65 bits per heavy atom.